The van der Waals surface area contributed by atoms with Crippen LogP contribution in [0.15, 0.2) is 54.6 Å². The van der Waals surface area contributed by atoms with Gasteiger partial charge < -0.3 is 10.6 Å². The van der Waals surface area contributed by atoms with Crippen LogP contribution in [0.25, 0.3) is 0 Å². The molecule has 1 unspecified atom stereocenters. The van der Waals surface area contributed by atoms with Crippen molar-refractivity contribution in [2.24, 2.45) is 5.73 Å². The van der Waals surface area contributed by atoms with Crippen LogP contribution in [0, 0.1) is 0 Å². The van der Waals surface area contributed by atoms with Gasteiger partial charge in [-0.1, -0.05) is 60.1 Å². The predicted molar refractivity (Wildman–Crippen MR) is 86.0 cm³/mol. The lowest BCUT2D eigenvalue weighted by molar-refractivity contribution is -0.131. The molecule has 1 amide bonds. The van der Waals surface area contributed by atoms with Gasteiger partial charge in [0.15, 0.2) is 0 Å². The first-order valence-corrected chi connectivity index (χ1v) is 7.23. The molecule has 0 saturated carbocycles. The van der Waals surface area contributed by atoms with E-state index in [2.05, 4.69) is 0 Å². The van der Waals surface area contributed by atoms with Crippen LogP contribution in [-0.4, -0.2) is 23.9 Å². The number of nitrogens with two attached hydrogens (primary N) is 1. The second-order valence-corrected chi connectivity index (χ2v) is 5.49. The zero-order valence-corrected chi connectivity index (χ0v) is 12.8. The van der Waals surface area contributed by atoms with Crippen LogP contribution in [-0.2, 0) is 17.8 Å². The number of rotatable bonds is 5. The topological polar surface area (TPSA) is 46.3 Å². The van der Waals surface area contributed by atoms with Crippen LogP contribution in [0.5, 0.6) is 0 Å². The maximum atomic E-state index is 12.3. The van der Waals surface area contributed by atoms with Crippen molar-refractivity contribution in [2.75, 3.05) is 7.05 Å². The molecule has 0 saturated heterocycles. The molecule has 3 nitrogen and oxygen atoms in total. The molecule has 4 heteroatoms. The van der Waals surface area contributed by atoms with E-state index < -0.39 is 6.04 Å². The number of nitrogens with zero attached hydrogens (tertiary/aromatic N) is 1. The lowest BCUT2D eigenvalue weighted by Crippen LogP contribution is -2.42. The van der Waals surface area contributed by atoms with Gasteiger partial charge in [0.05, 0.1) is 6.04 Å². The summed E-state index contributed by atoms with van der Waals surface area (Å²) in [6, 6.07) is 16.7. The van der Waals surface area contributed by atoms with Gasteiger partial charge in [-0.3, -0.25) is 4.79 Å². The Bertz CT molecular complexity index is 601. The fourth-order valence-corrected chi connectivity index (χ4v) is 2.39. The van der Waals surface area contributed by atoms with Crippen molar-refractivity contribution in [1.29, 1.82) is 0 Å². The third-order valence-electron chi connectivity index (χ3n) is 3.36. The van der Waals surface area contributed by atoms with Gasteiger partial charge in [-0.05, 0) is 23.6 Å². The van der Waals surface area contributed by atoms with Crippen molar-refractivity contribution in [3.05, 3.63) is 70.7 Å². The predicted octanol–water partition coefficient (Wildman–Crippen LogP) is 2.87. The summed E-state index contributed by atoms with van der Waals surface area (Å²) >= 11 is 6.11. The van der Waals surface area contributed by atoms with E-state index in [1.165, 1.54) is 0 Å². The van der Waals surface area contributed by atoms with Crippen molar-refractivity contribution in [2.45, 2.75) is 19.0 Å². The number of hydrogen-bond donors (Lipinski definition) is 1. The Hall–Kier alpha value is -1.84. The molecule has 0 aliphatic heterocycles. The van der Waals surface area contributed by atoms with Crippen molar-refractivity contribution in [3.63, 3.8) is 0 Å². The van der Waals surface area contributed by atoms with E-state index in [4.69, 9.17) is 17.3 Å². The minimum Gasteiger partial charge on any atom is -0.340 e. The Morgan fingerprint density at radius 3 is 2.43 bits per heavy atom. The van der Waals surface area contributed by atoms with E-state index in [-0.39, 0.29) is 5.91 Å². The van der Waals surface area contributed by atoms with E-state index in [9.17, 15) is 4.79 Å². The number of carbonyl (C=O) groups excluding carboxylic acids is 1. The Balaban J connectivity index is 1.97. The van der Waals surface area contributed by atoms with E-state index in [1.807, 2.05) is 54.6 Å². The standard InChI is InChI=1S/C17H19ClN2O/c1-20(12-14-9-5-6-10-15(14)18)17(21)16(19)11-13-7-3-2-4-8-13/h2-10,16H,11-12,19H2,1H3. The number of benzene rings is 2. The Morgan fingerprint density at radius 1 is 1.14 bits per heavy atom. The first-order chi connectivity index (χ1) is 10.1. The highest BCUT2D eigenvalue weighted by molar-refractivity contribution is 6.31. The summed E-state index contributed by atoms with van der Waals surface area (Å²) in [5.74, 6) is -0.0845. The lowest BCUT2D eigenvalue weighted by atomic mass is 10.1. The van der Waals surface area contributed by atoms with Crippen molar-refractivity contribution >= 4 is 17.5 Å². The second-order valence-electron chi connectivity index (χ2n) is 5.08. The number of amides is 1. The van der Waals surface area contributed by atoms with Crippen LogP contribution >= 0.6 is 11.6 Å². The Morgan fingerprint density at radius 2 is 1.76 bits per heavy atom. The number of carbonyl (C=O) groups is 1. The molecule has 21 heavy (non-hydrogen) atoms. The second kappa shape index (κ2) is 7.25. The fourth-order valence-electron chi connectivity index (χ4n) is 2.20. The molecule has 1 atom stereocenters. The highest BCUT2D eigenvalue weighted by Gasteiger charge is 2.19. The van der Waals surface area contributed by atoms with Gasteiger partial charge in [0.1, 0.15) is 0 Å². The summed E-state index contributed by atoms with van der Waals surface area (Å²) in [5, 5.41) is 0.661. The SMILES string of the molecule is CN(Cc1ccccc1Cl)C(=O)C(N)Cc1ccccc1. The third-order valence-corrected chi connectivity index (χ3v) is 3.73. The third kappa shape index (κ3) is 4.31. The van der Waals surface area contributed by atoms with Crippen LogP contribution in [0.2, 0.25) is 5.02 Å². The largest absolute Gasteiger partial charge is 0.340 e. The maximum Gasteiger partial charge on any atom is 0.239 e. The molecule has 0 bridgehead atoms. The first kappa shape index (κ1) is 15.5. The molecule has 2 rings (SSSR count). The highest BCUT2D eigenvalue weighted by atomic mass is 35.5. The van der Waals surface area contributed by atoms with Crippen molar-refractivity contribution in [1.82, 2.24) is 4.90 Å². The minimum absolute atomic E-state index is 0.0845. The molecule has 0 aliphatic carbocycles. The van der Waals surface area contributed by atoms with Gasteiger partial charge in [-0.2, -0.15) is 0 Å². The molecule has 2 N–H and O–H groups in total. The highest BCUT2D eigenvalue weighted by Crippen LogP contribution is 2.17. The number of hydrogen-bond acceptors (Lipinski definition) is 2. The smallest absolute Gasteiger partial charge is 0.239 e. The molecule has 0 spiro atoms. The monoisotopic (exact) mass is 302 g/mol. The summed E-state index contributed by atoms with van der Waals surface area (Å²) in [5.41, 5.74) is 8.00. The lowest BCUT2D eigenvalue weighted by Gasteiger charge is -2.22. The quantitative estimate of drug-likeness (QED) is 0.923. The number of likely N-dealkylation sites (N-methyl/N-ethyl adjacent to an activating group) is 1. The number of halogens is 1. The average Bonchev–Trinajstić information content (AvgIpc) is 2.49. The first-order valence-electron chi connectivity index (χ1n) is 6.86. The summed E-state index contributed by atoms with van der Waals surface area (Å²) in [7, 11) is 1.75. The maximum absolute atomic E-state index is 12.3. The van der Waals surface area contributed by atoms with Gasteiger partial charge in [0.2, 0.25) is 5.91 Å². The molecular weight excluding hydrogens is 284 g/mol. The van der Waals surface area contributed by atoms with Gasteiger partial charge in [-0.15, -0.1) is 0 Å². The fraction of sp³-hybridized carbons (Fsp3) is 0.235. The molecule has 110 valence electrons. The van der Waals surface area contributed by atoms with Crippen molar-refractivity contribution < 1.29 is 4.79 Å². The molecule has 0 heterocycles. The molecule has 2 aromatic rings. The molecule has 0 aliphatic rings. The van der Waals surface area contributed by atoms with Crippen LogP contribution < -0.4 is 5.73 Å². The molecule has 0 fully saturated rings. The molecule has 0 aromatic heterocycles. The normalized spacial score (nSPS) is 12.0. The molecule has 0 radical (unpaired) electrons. The summed E-state index contributed by atoms with van der Waals surface area (Å²) < 4.78 is 0. The Labute approximate surface area is 130 Å². The van der Waals surface area contributed by atoms with E-state index in [0.717, 1.165) is 11.1 Å². The van der Waals surface area contributed by atoms with Crippen LogP contribution in [0.3, 0.4) is 0 Å². The van der Waals surface area contributed by atoms with Gasteiger partial charge in [-0.25, -0.2) is 0 Å². The van der Waals surface area contributed by atoms with E-state index in [0.29, 0.717) is 18.0 Å². The van der Waals surface area contributed by atoms with E-state index in [1.54, 1.807) is 11.9 Å². The minimum atomic E-state index is -0.542. The molecule has 2 aromatic carbocycles. The molecular formula is C17H19ClN2O. The van der Waals surface area contributed by atoms with Gasteiger partial charge in [0.25, 0.3) is 0 Å². The van der Waals surface area contributed by atoms with Crippen molar-refractivity contribution in [3.8, 4) is 0 Å². The zero-order valence-electron chi connectivity index (χ0n) is 12.0. The summed E-state index contributed by atoms with van der Waals surface area (Å²) in [6.45, 7) is 0.459. The van der Waals surface area contributed by atoms with E-state index >= 15 is 0 Å². The summed E-state index contributed by atoms with van der Waals surface area (Å²) in [4.78, 5) is 13.9. The average molecular weight is 303 g/mol. The summed E-state index contributed by atoms with van der Waals surface area (Å²) in [6.07, 6.45) is 0.534. The van der Waals surface area contributed by atoms with Gasteiger partial charge >= 0.3 is 0 Å². The van der Waals surface area contributed by atoms with Gasteiger partial charge in [0, 0.05) is 18.6 Å². The Kier molecular flexibility index (Phi) is 5.37. The zero-order chi connectivity index (χ0) is 15.2. The van der Waals surface area contributed by atoms with Crippen LogP contribution in [0.1, 0.15) is 11.1 Å². The van der Waals surface area contributed by atoms with Crippen LogP contribution in [0.4, 0.5) is 0 Å².